The van der Waals surface area contributed by atoms with Crippen LogP contribution >= 0.6 is 15.9 Å². The molecule has 0 saturated heterocycles. The van der Waals surface area contributed by atoms with Gasteiger partial charge >= 0.3 is 0 Å². The molecule has 0 saturated carbocycles. The zero-order chi connectivity index (χ0) is 11.8. The van der Waals surface area contributed by atoms with Gasteiger partial charge in [0.05, 0.1) is 5.69 Å². The number of fused-ring (bicyclic) bond motifs is 1. The first kappa shape index (κ1) is 10.4. The first-order chi connectivity index (χ1) is 8.27. The van der Waals surface area contributed by atoms with E-state index in [4.69, 9.17) is 5.73 Å². The summed E-state index contributed by atoms with van der Waals surface area (Å²) in [5.74, 6) is 0.498. The van der Waals surface area contributed by atoms with Crippen LogP contribution < -0.4 is 5.73 Å². The molecule has 2 aromatic carbocycles. The van der Waals surface area contributed by atoms with E-state index in [1.807, 2.05) is 35.0 Å². The molecule has 0 amide bonds. The second kappa shape index (κ2) is 3.89. The number of nitrogens with zero attached hydrogens (tertiary/aromatic N) is 2. The summed E-state index contributed by atoms with van der Waals surface area (Å²) < 4.78 is 2.96. The molecule has 0 fully saturated rings. The highest BCUT2D eigenvalue weighted by atomic mass is 79.9. The maximum atomic E-state index is 5.84. The molecule has 84 valence electrons. The van der Waals surface area contributed by atoms with Crippen molar-refractivity contribution in [3.8, 4) is 5.69 Å². The monoisotopic (exact) mass is 287 g/mol. The zero-order valence-electron chi connectivity index (χ0n) is 8.97. The van der Waals surface area contributed by atoms with Crippen molar-refractivity contribution in [2.45, 2.75) is 0 Å². The first-order valence-electron chi connectivity index (χ1n) is 5.24. The van der Waals surface area contributed by atoms with Crippen LogP contribution in [0.15, 0.2) is 53.3 Å². The number of benzene rings is 2. The summed E-state index contributed by atoms with van der Waals surface area (Å²) in [5, 5.41) is 2.31. The average molecular weight is 288 g/mol. The molecule has 3 aromatic rings. The van der Waals surface area contributed by atoms with E-state index >= 15 is 0 Å². The molecule has 0 aliphatic heterocycles. The van der Waals surface area contributed by atoms with Gasteiger partial charge < -0.3 is 5.73 Å². The quantitative estimate of drug-likeness (QED) is 0.746. The molecule has 0 radical (unpaired) electrons. The maximum absolute atomic E-state index is 5.84. The minimum atomic E-state index is 0.498. The van der Waals surface area contributed by atoms with Gasteiger partial charge in [0.1, 0.15) is 0 Å². The van der Waals surface area contributed by atoms with E-state index in [0.717, 1.165) is 20.9 Å². The normalized spacial score (nSPS) is 10.9. The van der Waals surface area contributed by atoms with Crippen LogP contribution in [0.3, 0.4) is 0 Å². The Kier molecular flexibility index (Phi) is 2.37. The smallest absolute Gasteiger partial charge is 0.204 e. The van der Waals surface area contributed by atoms with Crippen molar-refractivity contribution in [1.29, 1.82) is 0 Å². The summed E-state index contributed by atoms with van der Waals surface area (Å²) in [6.07, 6.45) is 3.57. The Hall–Kier alpha value is -1.81. The first-order valence-corrected chi connectivity index (χ1v) is 6.03. The van der Waals surface area contributed by atoms with Gasteiger partial charge in [-0.05, 0) is 17.5 Å². The third-order valence-corrected chi connectivity index (χ3v) is 3.47. The van der Waals surface area contributed by atoms with Gasteiger partial charge in [-0.15, -0.1) is 0 Å². The van der Waals surface area contributed by atoms with Crippen molar-refractivity contribution in [3.05, 3.63) is 53.3 Å². The molecule has 0 atom stereocenters. The zero-order valence-corrected chi connectivity index (χ0v) is 10.6. The van der Waals surface area contributed by atoms with Gasteiger partial charge in [-0.25, -0.2) is 4.98 Å². The summed E-state index contributed by atoms with van der Waals surface area (Å²) in [5.41, 5.74) is 6.88. The molecule has 17 heavy (non-hydrogen) atoms. The Labute approximate surface area is 107 Å². The molecule has 4 heteroatoms. The fourth-order valence-electron chi connectivity index (χ4n) is 1.98. The van der Waals surface area contributed by atoms with Crippen molar-refractivity contribution in [2.75, 3.05) is 5.73 Å². The van der Waals surface area contributed by atoms with E-state index < -0.39 is 0 Å². The average Bonchev–Trinajstić information content (AvgIpc) is 2.77. The minimum absolute atomic E-state index is 0.498. The Morgan fingerprint density at radius 2 is 1.82 bits per heavy atom. The lowest BCUT2D eigenvalue weighted by molar-refractivity contribution is 1.09. The van der Waals surface area contributed by atoms with E-state index in [2.05, 4.69) is 33.0 Å². The van der Waals surface area contributed by atoms with Crippen LogP contribution in [0.25, 0.3) is 16.5 Å². The molecule has 3 nitrogen and oxygen atoms in total. The molecule has 3 rings (SSSR count). The van der Waals surface area contributed by atoms with Crippen LogP contribution in [-0.2, 0) is 0 Å². The van der Waals surface area contributed by atoms with Crippen molar-refractivity contribution in [3.63, 3.8) is 0 Å². The summed E-state index contributed by atoms with van der Waals surface area (Å²) in [6.45, 7) is 0. The predicted octanol–water partition coefficient (Wildman–Crippen LogP) is 3.37. The summed E-state index contributed by atoms with van der Waals surface area (Å²) in [7, 11) is 0. The third kappa shape index (κ3) is 1.61. The number of hydrogen-bond donors (Lipinski definition) is 1. The number of aromatic nitrogens is 2. The third-order valence-electron chi connectivity index (χ3n) is 2.78. The molecule has 0 aliphatic rings. The van der Waals surface area contributed by atoms with Crippen LogP contribution in [0.5, 0.6) is 0 Å². The van der Waals surface area contributed by atoms with Crippen molar-refractivity contribution in [2.24, 2.45) is 0 Å². The molecule has 0 spiro atoms. The fraction of sp³-hybridized carbons (Fsp3) is 0. The predicted molar refractivity (Wildman–Crippen MR) is 73.2 cm³/mol. The van der Waals surface area contributed by atoms with Crippen molar-refractivity contribution < 1.29 is 0 Å². The lowest BCUT2D eigenvalue weighted by Gasteiger charge is -2.10. The van der Waals surface area contributed by atoms with Gasteiger partial charge in [0.2, 0.25) is 5.95 Å². The standard InChI is InChI=1S/C13H10BrN3/c14-11-5-6-12(17-8-7-16-13(17)15)10-4-2-1-3-9(10)11/h1-8H,(H2,15,16). The Bertz CT molecular complexity index is 688. The highest BCUT2D eigenvalue weighted by Crippen LogP contribution is 2.29. The number of imidazole rings is 1. The SMILES string of the molecule is Nc1nccn1-c1ccc(Br)c2ccccc12. The lowest BCUT2D eigenvalue weighted by atomic mass is 10.1. The number of nitrogens with two attached hydrogens (primary N) is 1. The van der Waals surface area contributed by atoms with Crippen LogP contribution in [-0.4, -0.2) is 9.55 Å². The Morgan fingerprint density at radius 1 is 1.06 bits per heavy atom. The summed E-state index contributed by atoms with van der Waals surface area (Å²) >= 11 is 3.56. The minimum Gasteiger partial charge on any atom is -0.369 e. The topological polar surface area (TPSA) is 43.8 Å². The second-order valence-electron chi connectivity index (χ2n) is 3.77. The molecule has 1 aromatic heterocycles. The molecular formula is C13H10BrN3. The highest BCUT2D eigenvalue weighted by Gasteiger charge is 2.07. The van der Waals surface area contributed by atoms with Crippen LogP contribution in [0.4, 0.5) is 5.95 Å². The second-order valence-corrected chi connectivity index (χ2v) is 4.62. The molecule has 0 unspecified atom stereocenters. The maximum Gasteiger partial charge on any atom is 0.204 e. The van der Waals surface area contributed by atoms with E-state index in [1.165, 1.54) is 0 Å². The molecule has 2 N–H and O–H groups in total. The number of hydrogen-bond acceptors (Lipinski definition) is 2. The van der Waals surface area contributed by atoms with Crippen molar-refractivity contribution >= 4 is 32.7 Å². The lowest BCUT2D eigenvalue weighted by Crippen LogP contribution is -2.00. The van der Waals surface area contributed by atoms with Gasteiger partial charge in [-0.3, -0.25) is 4.57 Å². The Morgan fingerprint density at radius 3 is 2.53 bits per heavy atom. The van der Waals surface area contributed by atoms with Gasteiger partial charge in [0, 0.05) is 22.3 Å². The van der Waals surface area contributed by atoms with Crippen LogP contribution in [0.2, 0.25) is 0 Å². The van der Waals surface area contributed by atoms with E-state index in [9.17, 15) is 0 Å². The Balaban J connectivity index is 2.39. The highest BCUT2D eigenvalue weighted by molar-refractivity contribution is 9.10. The molecule has 0 aliphatic carbocycles. The van der Waals surface area contributed by atoms with E-state index in [-0.39, 0.29) is 0 Å². The van der Waals surface area contributed by atoms with Gasteiger partial charge in [0.25, 0.3) is 0 Å². The van der Waals surface area contributed by atoms with E-state index in [1.54, 1.807) is 6.20 Å². The van der Waals surface area contributed by atoms with Gasteiger partial charge in [0.15, 0.2) is 0 Å². The van der Waals surface area contributed by atoms with Crippen LogP contribution in [0, 0.1) is 0 Å². The number of halogens is 1. The van der Waals surface area contributed by atoms with Crippen LogP contribution in [0.1, 0.15) is 0 Å². The van der Waals surface area contributed by atoms with E-state index in [0.29, 0.717) is 5.95 Å². The fourth-order valence-corrected chi connectivity index (χ4v) is 2.45. The molecule has 0 bridgehead atoms. The largest absolute Gasteiger partial charge is 0.369 e. The number of anilines is 1. The summed E-state index contributed by atoms with van der Waals surface area (Å²) in [4.78, 5) is 4.05. The summed E-state index contributed by atoms with van der Waals surface area (Å²) in [6, 6.07) is 12.3. The molecule has 1 heterocycles. The number of nitrogen functional groups attached to an aromatic ring is 1. The van der Waals surface area contributed by atoms with Crippen molar-refractivity contribution in [1.82, 2.24) is 9.55 Å². The van der Waals surface area contributed by atoms with Gasteiger partial charge in [-0.2, -0.15) is 0 Å². The number of rotatable bonds is 1. The molecular weight excluding hydrogens is 278 g/mol. The van der Waals surface area contributed by atoms with Gasteiger partial charge in [-0.1, -0.05) is 40.2 Å².